The summed E-state index contributed by atoms with van der Waals surface area (Å²) >= 11 is 0. The van der Waals surface area contributed by atoms with Crippen LogP contribution in [0.1, 0.15) is 33.1 Å². The molecule has 0 rings (SSSR count). The normalized spacial score (nSPS) is 13.8. The molecule has 0 fully saturated rings. The zero-order valence-corrected chi connectivity index (χ0v) is 14.9. The lowest BCUT2D eigenvalue weighted by molar-refractivity contribution is -0.143. The Hall–Kier alpha value is -2.69. The Kier molecular flexibility index (Phi) is 10.6. The molecular weight excluding hydrogens is 346 g/mol. The van der Waals surface area contributed by atoms with E-state index in [1.165, 1.54) is 0 Å². The fraction of sp³-hybridized carbons (Fsp3) is 0.667. The highest BCUT2D eigenvalue weighted by Crippen LogP contribution is 2.07. The van der Waals surface area contributed by atoms with Crippen LogP contribution >= 0.6 is 0 Å². The summed E-state index contributed by atoms with van der Waals surface area (Å²) in [6, 6.07) is -2.03. The molecule has 0 spiro atoms. The van der Waals surface area contributed by atoms with Crippen molar-refractivity contribution in [3.05, 3.63) is 0 Å². The molecule has 4 amide bonds. The fourth-order valence-electron chi connectivity index (χ4n) is 1.88. The van der Waals surface area contributed by atoms with E-state index < -0.39 is 54.8 Å². The van der Waals surface area contributed by atoms with Gasteiger partial charge in [0.2, 0.25) is 23.6 Å². The zero-order valence-electron chi connectivity index (χ0n) is 14.9. The largest absolute Gasteiger partial charge is 0.480 e. The second-order valence-corrected chi connectivity index (χ2v) is 5.87. The average Bonchev–Trinajstić information content (AvgIpc) is 2.59. The maximum absolute atomic E-state index is 11.7. The quantitative estimate of drug-likeness (QED) is 0.216. The van der Waals surface area contributed by atoms with Crippen molar-refractivity contribution in [1.82, 2.24) is 16.0 Å². The molecule has 8 N–H and O–H groups in total. The molecule has 0 aromatic carbocycles. The third kappa shape index (κ3) is 9.57. The molecule has 3 unspecified atom stereocenters. The van der Waals surface area contributed by atoms with Gasteiger partial charge in [-0.2, -0.15) is 0 Å². The topological polar surface area (TPSA) is 194 Å². The average molecular weight is 373 g/mol. The molecule has 0 aromatic rings. The van der Waals surface area contributed by atoms with Crippen LogP contribution in [-0.4, -0.2) is 59.9 Å². The Balaban J connectivity index is 4.21. The fourth-order valence-corrected chi connectivity index (χ4v) is 1.88. The third-order valence-corrected chi connectivity index (χ3v) is 3.70. The van der Waals surface area contributed by atoms with E-state index in [9.17, 15) is 24.0 Å². The molecule has 0 saturated carbocycles. The van der Waals surface area contributed by atoms with E-state index in [0.29, 0.717) is 6.42 Å². The van der Waals surface area contributed by atoms with Gasteiger partial charge in [-0.3, -0.25) is 19.2 Å². The molecule has 0 aliphatic heterocycles. The highest BCUT2D eigenvalue weighted by atomic mass is 16.4. The predicted molar refractivity (Wildman–Crippen MR) is 91.4 cm³/mol. The molecule has 26 heavy (non-hydrogen) atoms. The summed E-state index contributed by atoms with van der Waals surface area (Å²) in [5.74, 6) is -3.95. The van der Waals surface area contributed by atoms with Gasteiger partial charge in [-0.05, 0) is 12.3 Å². The standard InChI is InChI=1S/C15H27N5O6/c1-3-8(2)13(15(25)26)20-12(23)7-18-11(22)6-19-14(24)9(16)4-5-10(17)21/h8-9,13H,3-7,16H2,1-2H3,(H2,17,21)(H,18,22)(H,19,24)(H,20,23)(H,25,26). The molecule has 0 radical (unpaired) electrons. The summed E-state index contributed by atoms with van der Waals surface area (Å²) in [7, 11) is 0. The van der Waals surface area contributed by atoms with Gasteiger partial charge in [-0.15, -0.1) is 0 Å². The lowest BCUT2D eigenvalue weighted by Gasteiger charge is -2.20. The second-order valence-electron chi connectivity index (χ2n) is 5.87. The van der Waals surface area contributed by atoms with Crippen molar-refractivity contribution in [2.75, 3.05) is 13.1 Å². The van der Waals surface area contributed by atoms with Gasteiger partial charge in [0.15, 0.2) is 0 Å². The monoisotopic (exact) mass is 373 g/mol. The highest BCUT2D eigenvalue weighted by Gasteiger charge is 2.25. The minimum Gasteiger partial charge on any atom is -0.480 e. The molecule has 3 atom stereocenters. The van der Waals surface area contributed by atoms with Gasteiger partial charge < -0.3 is 32.5 Å². The van der Waals surface area contributed by atoms with Crippen LogP contribution in [-0.2, 0) is 24.0 Å². The number of carboxylic acids is 1. The number of nitrogens with two attached hydrogens (primary N) is 2. The molecule has 0 aliphatic rings. The molecule has 148 valence electrons. The van der Waals surface area contributed by atoms with Crippen LogP contribution in [0, 0.1) is 5.92 Å². The van der Waals surface area contributed by atoms with E-state index in [2.05, 4.69) is 16.0 Å². The van der Waals surface area contributed by atoms with E-state index >= 15 is 0 Å². The number of rotatable bonds is 12. The number of primary amides is 1. The van der Waals surface area contributed by atoms with Gasteiger partial charge in [-0.25, -0.2) is 4.79 Å². The van der Waals surface area contributed by atoms with Gasteiger partial charge in [0.05, 0.1) is 19.1 Å². The molecule has 11 nitrogen and oxygen atoms in total. The lowest BCUT2D eigenvalue weighted by Crippen LogP contribution is -2.50. The smallest absolute Gasteiger partial charge is 0.326 e. The van der Waals surface area contributed by atoms with Crippen molar-refractivity contribution in [2.24, 2.45) is 17.4 Å². The van der Waals surface area contributed by atoms with Gasteiger partial charge in [0, 0.05) is 6.42 Å². The number of amides is 4. The van der Waals surface area contributed by atoms with Crippen LogP contribution in [0.2, 0.25) is 0 Å². The molecule has 0 aromatic heterocycles. The molecule has 0 bridgehead atoms. The Morgan fingerprint density at radius 2 is 1.62 bits per heavy atom. The number of hydrogen-bond acceptors (Lipinski definition) is 6. The van der Waals surface area contributed by atoms with E-state index in [-0.39, 0.29) is 18.8 Å². The van der Waals surface area contributed by atoms with Gasteiger partial charge in [0.25, 0.3) is 0 Å². The number of nitrogens with one attached hydrogen (secondary N) is 3. The van der Waals surface area contributed by atoms with Gasteiger partial charge >= 0.3 is 5.97 Å². The van der Waals surface area contributed by atoms with Crippen molar-refractivity contribution >= 4 is 29.6 Å². The SMILES string of the molecule is CCC(C)C(NC(=O)CNC(=O)CNC(=O)C(N)CCC(N)=O)C(=O)O. The van der Waals surface area contributed by atoms with Crippen LogP contribution in [0.25, 0.3) is 0 Å². The first kappa shape index (κ1) is 23.3. The van der Waals surface area contributed by atoms with Crippen LogP contribution in [0.4, 0.5) is 0 Å². The number of carbonyl (C=O) groups excluding carboxylic acids is 4. The highest BCUT2D eigenvalue weighted by molar-refractivity contribution is 5.90. The van der Waals surface area contributed by atoms with E-state index in [1.54, 1.807) is 13.8 Å². The van der Waals surface area contributed by atoms with Crippen molar-refractivity contribution in [2.45, 2.75) is 45.2 Å². The maximum Gasteiger partial charge on any atom is 0.326 e. The number of aliphatic carboxylic acids is 1. The molecule has 0 heterocycles. The van der Waals surface area contributed by atoms with Crippen molar-refractivity contribution in [3.8, 4) is 0 Å². The first-order valence-electron chi connectivity index (χ1n) is 8.18. The third-order valence-electron chi connectivity index (χ3n) is 3.70. The number of carbonyl (C=O) groups is 5. The minimum atomic E-state index is -1.16. The zero-order chi connectivity index (χ0) is 20.3. The van der Waals surface area contributed by atoms with E-state index in [4.69, 9.17) is 16.6 Å². The minimum absolute atomic E-state index is 0.0530. The van der Waals surface area contributed by atoms with Gasteiger partial charge in [-0.1, -0.05) is 20.3 Å². The van der Waals surface area contributed by atoms with E-state index in [0.717, 1.165) is 0 Å². The summed E-state index contributed by atoms with van der Waals surface area (Å²) < 4.78 is 0. The summed E-state index contributed by atoms with van der Waals surface area (Å²) in [5, 5.41) is 15.9. The number of hydrogen-bond donors (Lipinski definition) is 6. The summed E-state index contributed by atoms with van der Waals surface area (Å²) in [6.07, 6.45) is 0.560. The van der Waals surface area contributed by atoms with Crippen LogP contribution in [0.3, 0.4) is 0 Å². The lowest BCUT2D eigenvalue weighted by atomic mass is 9.99. The van der Waals surface area contributed by atoms with Crippen molar-refractivity contribution in [3.63, 3.8) is 0 Å². The molecule has 0 saturated heterocycles. The van der Waals surface area contributed by atoms with E-state index in [1.807, 2.05) is 0 Å². The predicted octanol–water partition coefficient (Wildman–Crippen LogP) is -2.57. The van der Waals surface area contributed by atoms with Crippen LogP contribution in [0.5, 0.6) is 0 Å². The second kappa shape index (κ2) is 11.8. The molecular formula is C15H27N5O6. The number of carboxylic acid groups (broad SMARTS) is 1. The Morgan fingerprint density at radius 1 is 1.04 bits per heavy atom. The Bertz CT molecular complexity index is 539. The first-order valence-corrected chi connectivity index (χ1v) is 8.18. The van der Waals surface area contributed by atoms with Gasteiger partial charge in [0.1, 0.15) is 6.04 Å². The van der Waals surface area contributed by atoms with Crippen molar-refractivity contribution < 1.29 is 29.1 Å². The van der Waals surface area contributed by atoms with Crippen molar-refractivity contribution in [1.29, 1.82) is 0 Å². The van der Waals surface area contributed by atoms with Crippen LogP contribution in [0.15, 0.2) is 0 Å². The maximum atomic E-state index is 11.7. The first-order chi connectivity index (χ1) is 12.1. The summed E-state index contributed by atoms with van der Waals surface area (Å²) in [6.45, 7) is 2.65. The summed E-state index contributed by atoms with van der Waals surface area (Å²) in [5.41, 5.74) is 10.5. The summed E-state index contributed by atoms with van der Waals surface area (Å²) in [4.78, 5) is 56.7. The Labute approximate surface area is 151 Å². The van der Waals surface area contributed by atoms with Crippen LogP contribution < -0.4 is 27.4 Å². The molecule has 0 aliphatic carbocycles. The Morgan fingerprint density at radius 3 is 2.12 bits per heavy atom. The molecule has 11 heteroatoms.